The number of aromatic nitrogens is 3. The predicted molar refractivity (Wildman–Crippen MR) is 49.5 cm³/mol. The van der Waals surface area contributed by atoms with Crippen LogP contribution in [-0.2, 0) is 0 Å². The summed E-state index contributed by atoms with van der Waals surface area (Å²) in [5.74, 6) is 1.57. The average molecular weight is 187 g/mol. The van der Waals surface area contributed by atoms with Crippen molar-refractivity contribution in [2.75, 3.05) is 0 Å². The van der Waals surface area contributed by atoms with Crippen molar-refractivity contribution in [3.05, 3.63) is 30.4 Å². The number of hydrogen-bond acceptors (Lipinski definition) is 4. The molecule has 0 saturated heterocycles. The van der Waals surface area contributed by atoms with Crippen LogP contribution in [0.2, 0.25) is 0 Å². The quantitative estimate of drug-likeness (QED) is 0.721. The predicted octanol–water partition coefficient (Wildman–Crippen LogP) is 2.01. The first-order valence-corrected chi connectivity index (χ1v) is 4.66. The van der Waals surface area contributed by atoms with Crippen LogP contribution in [0.1, 0.15) is 24.5 Å². The smallest absolute Gasteiger partial charge is 0.140 e. The minimum Gasteiger partial charge on any atom is -0.360 e. The van der Waals surface area contributed by atoms with Crippen LogP contribution in [0.15, 0.2) is 29.2 Å². The topological polar surface area (TPSA) is 51.8 Å². The standard InChI is InChI=1S/C10H9N3O/c1-2-7(1)10-5-8(13-14-10)9-6-11-3-4-12-9/h3-7H,1-2H2. The van der Waals surface area contributed by atoms with Crippen LogP contribution < -0.4 is 0 Å². The fraction of sp³-hybridized carbons (Fsp3) is 0.300. The van der Waals surface area contributed by atoms with E-state index < -0.39 is 0 Å². The molecular weight excluding hydrogens is 178 g/mol. The molecule has 0 radical (unpaired) electrons. The molecule has 14 heavy (non-hydrogen) atoms. The van der Waals surface area contributed by atoms with E-state index in [0.29, 0.717) is 5.92 Å². The van der Waals surface area contributed by atoms with Crippen molar-refractivity contribution in [1.29, 1.82) is 0 Å². The maximum Gasteiger partial charge on any atom is 0.140 e. The Morgan fingerprint density at radius 1 is 1.21 bits per heavy atom. The summed E-state index contributed by atoms with van der Waals surface area (Å²) in [7, 11) is 0. The van der Waals surface area contributed by atoms with Crippen molar-refractivity contribution in [3.8, 4) is 11.4 Å². The third-order valence-electron chi connectivity index (χ3n) is 2.33. The van der Waals surface area contributed by atoms with Gasteiger partial charge in [-0.2, -0.15) is 0 Å². The molecule has 0 unspecified atom stereocenters. The van der Waals surface area contributed by atoms with E-state index in [1.807, 2.05) is 6.07 Å². The van der Waals surface area contributed by atoms with Crippen LogP contribution in [0, 0.1) is 0 Å². The zero-order chi connectivity index (χ0) is 9.38. The summed E-state index contributed by atoms with van der Waals surface area (Å²) in [6, 6.07) is 1.96. The second kappa shape index (κ2) is 2.90. The van der Waals surface area contributed by atoms with Crippen molar-refractivity contribution < 1.29 is 4.52 Å². The highest BCUT2D eigenvalue weighted by molar-refractivity contribution is 5.52. The second-order valence-electron chi connectivity index (χ2n) is 3.48. The fourth-order valence-electron chi connectivity index (χ4n) is 1.40. The van der Waals surface area contributed by atoms with E-state index in [2.05, 4.69) is 15.1 Å². The van der Waals surface area contributed by atoms with E-state index in [1.165, 1.54) is 12.8 Å². The average Bonchev–Trinajstić information content (AvgIpc) is 2.98. The highest BCUT2D eigenvalue weighted by atomic mass is 16.5. The highest BCUT2D eigenvalue weighted by Gasteiger charge is 2.28. The van der Waals surface area contributed by atoms with E-state index in [4.69, 9.17) is 4.52 Å². The lowest BCUT2D eigenvalue weighted by atomic mass is 10.2. The zero-order valence-corrected chi connectivity index (χ0v) is 7.55. The molecule has 4 heteroatoms. The summed E-state index contributed by atoms with van der Waals surface area (Å²) in [5, 5.41) is 3.97. The summed E-state index contributed by atoms with van der Waals surface area (Å²) in [5.41, 5.74) is 1.54. The first-order valence-electron chi connectivity index (χ1n) is 4.66. The zero-order valence-electron chi connectivity index (χ0n) is 7.55. The molecule has 2 aromatic heterocycles. The molecule has 1 aliphatic carbocycles. The van der Waals surface area contributed by atoms with E-state index >= 15 is 0 Å². The van der Waals surface area contributed by atoms with Gasteiger partial charge in [-0.25, -0.2) is 0 Å². The number of hydrogen-bond donors (Lipinski definition) is 0. The number of rotatable bonds is 2. The molecule has 4 nitrogen and oxygen atoms in total. The van der Waals surface area contributed by atoms with Gasteiger partial charge in [-0.05, 0) is 12.8 Å². The van der Waals surface area contributed by atoms with Gasteiger partial charge < -0.3 is 4.52 Å². The number of nitrogens with zero attached hydrogens (tertiary/aromatic N) is 3. The van der Waals surface area contributed by atoms with Gasteiger partial charge in [0, 0.05) is 24.4 Å². The molecule has 0 aromatic carbocycles. The van der Waals surface area contributed by atoms with Crippen LogP contribution in [0.5, 0.6) is 0 Å². The Morgan fingerprint density at radius 2 is 2.14 bits per heavy atom. The lowest BCUT2D eigenvalue weighted by Crippen LogP contribution is -1.82. The van der Waals surface area contributed by atoms with Crippen LogP contribution in [0.4, 0.5) is 0 Å². The lowest BCUT2D eigenvalue weighted by Gasteiger charge is -1.89. The molecule has 2 heterocycles. The molecule has 0 N–H and O–H groups in total. The Bertz CT molecular complexity index is 434. The molecule has 0 bridgehead atoms. The van der Waals surface area contributed by atoms with E-state index in [0.717, 1.165) is 17.1 Å². The van der Waals surface area contributed by atoms with Crippen molar-refractivity contribution in [3.63, 3.8) is 0 Å². The van der Waals surface area contributed by atoms with Crippen molar-refractivity contribution in [2.24, 2.45) is 0 Å². The molecule has 0 atom stereocenters. The summed E-state index contributed by atoms with van der Waals surface area (Å²) in [4.78, 5) is 8.14. The lowest BCUT2D eigenvalue weighted by molar-refractivity contribution is 0.386. The fourth-order valence-corrected chi connectivity index (χ4v) is 1.40. The maximum atomic E-state index is 5.23. The van der Waals surface area contributed by atoms with E-state index in [-0.39, 0.29) is 0 Å². The van der Waals surface area contributed by atoms with Gasteiger partial charge in [0.1, 0.15) is 17.1 Å². The Balaban J connectivity index is 1.96. The van der Waals surface area contributed by atoms with Gasteiger partial charge in [0.25, 0.3) is 0 Å². The van der Waals surface area contributed by atoms with Crippen LogP contribution in [0.3, 0.4) is 0 Å². The molecular formula is C10H9N3O. The van der Waals surface area contributed by atoms with Crippen molar-refractivity contribution in [2.45, 2.75) is 18.8 Å². The molecule has 70 valence electrons. The molecule has 0 amide bonds. The highest BCUT2D eigenvalue weighted by Crippen LogP contribution is 2.40. The van der Waals surface area contributed by atoms with Gasteiger partial charge in [0.15, 0.2) is 0 Å². The Labute approximate surface area is 81.0 Å². The SMILES string of the molecule is c1cnc(-c2cc(C3CC3)on2)cn1. The Kier molecular flexibility index (Phi) is 1.59. The van der Waals surface area contributed by atoms with Crippen LogP contribution >= 0.6 is 0 Å². The summed E-state index contributed by atoms with van der Waals surface area (Å²) < 4.78 is 5.23. The van der Waals surface area contributed by atoms with Crippen molar-refractivity contribution in [1.82, 2.24) is 15.1 Å². The minimum atomic E-state index is 0.591. The van der Waals surface area contributed by atoms with Gasteiger partial charge >= 0.3 is 0 Å². The monoisotopic (exact) mass is 187 g/mol. The first kappa shape index (κ1) is 7.67. The summed E-state index contributed by atoms with van der Waals surface area (Å²) in [6.07, 6.45) is 7.42. The van der Waals surface area contributed by atoms with Gasteiger partial charge in [0.2, 0.25) is 0 Å². The van der Waals surface area contributed by atoms with Crippen LogP contribution in [0.25, 0.3) is 11.4 Å². The van der Waals surface area contributed by atoms with Gasteiger partial charge in [-0.15, -0.1) is 0 Å². The normalized spacial score (nSPS) is 15.7. The summed E-state index contributed by atoms with van der Waals surface area (Å²) >= 11 is 0. The van der Waals surface area contributed by atoms with Crippen molar-refractivity contribution >= 4 is 0 Å². The minimum absolute atomic E-state index is 0.591. The Hall–Kier alpha value is -1.71. The Morgan fingerprint density at radius 3 is 2.86 bits per heavy atom. The maximum absolute atomic E-state index is 5.23. The van der Waals surface area contributed by atoms with Gasteiger partial charge in [-0.1, -0.05) is 5.16 Å². The largest absolute Gasteiger partial charge is 0.360 e. The third kappa shape index (κ3) is 1.28. The molecule has 1 aliphatic rings. The molecule has 2 aromatic rings. The first-order chi connectivity index (χ1) is 6.93. The van der Waals surface area contributed by atoms with E-state index in [1.54, 1.807) is 18.6 Å². The van der Waals surface area contributed by atoms with Gasteiger partial charge in [-0.3, -0.25) is 9.97 Å². The molecule has 1 fully saturated rings. The van der Waals surface area contributed by atoms with E-state index in [9.17, 15) is 0 Å². The molecule has 1 saturated carbocycles. The second-order valence-corrected chi connectivity index (χ2v) is 3.48. The van der Waals surface area contributed by atoms with Gasteiger partial charge in [0.05, 0.1) is 6.20 Å². The van der Waals surface area contributed by atoms with Crippen LogP contribution in [-0.4, -0.2) is 15.1 Å². The third-order valence-corrected chi connectivity index (χ3v) is 2.33. The summed E-state index contributed by atoms with van der Waals surface area (Å²) in [6.45, 7) is 0. The molecule has 3 rings (SSSR count). The molecule has 0 spiro atoms. The molecule has 0 aliphatic heterocycles.